The lowest BCUT2D eigenvalue weighted by atomic mass is 10.0. The number of ether oxygens (including phenoxy) is 1. The van der Waals surface area contributed by atoms with Crippen molar-refractivity contribution in [3.05, 3.63) is 12.2 Å². The SMILES string of the molecule is C[C@@H]1C/C=C\CC[C@@H](O)[C@@H](O)C[C@@H](O)C(=O)O1. The third-order valence-corrected chi connectivity index (χ3v) is 2.76. The Morgan fingerprint density at radius 1 is 1.24 bits per heavy atom. The number of cyclic esters (lactones) is 1. The Hall–Kier alpha value is -0.910. The molecule has 1 aliphatic rings. The maximum Gasteiger partial charge on any atom is 0.335 e. The van der Waals surface area contributed by atoms with Crippen molar-refractivity contribution < 1.29 is 24.9 Å². The summed E-state index contributed by atoms with van der Waals surface area (Å²) in [4.78, 5) is 11.4. The Bertz CT molecular complexity index is 276. The van der Waals surface area contributed by atoms with Crippen LogP contribution in [0.2, 0.25) is 0 Å². The minimum atomic E-state index is -1.38. The van der Waals surface area contributed by atoms with Crippen LogP contribution in [0.15, 0.2) is 12.2 Å². The highest BCUT2D eigenvalue weighted by atomic mass is 16.6. The van der Waals surface area contributed by atoms with E-state index in [9.17, 15) is 20.1 Å². The van der Waals surface area contributed by atoms with Gasteiger partial charge in [-0.15, -0.1) is 0 Å². The fourth-order valence-corrected chi connectivity index (χ4v) is 1.67. The molecule has 3 N–H and O–H groups in total. The molecule has 0 bridgehead atoms. The lowest BCUT2D eigenvalue weighted by Crippen LogP contribution is -2.35. The van der Waals surface area contributed by atoms with E-state index in [1.54, 1.807) is 6.92 Å². The van der Waals surface area contributed by atoms with Gasteiger partial charge in [-0.1, -0.05) is 12.2 Å². The van der Waals surface area contributed by atoms with E-state index in [0.717, 1.165) is 0 Å². The summed E-state index contributed by atoms with van der Waals surface area (Å²) in [6.07, 6.45) is 1.47. The Balaban J connectivity index is 2.66. The lowest BCUT2D eigenvalue weighted by Gasteiger charge is -2.21. The number of aliphatic hydroxyl groups is 3. The zero-order valence-corrected chi connectivity index (χ0v) is 9.95. The van der Waals surface area contributed by atoms with E-state index >= 15 is 0 Å². The van der Waals surface area contributed by atoms with Gasteiger partial charge in [0.25, 0.3) is 0 Å². The molecule has 5 heteroatoms. The zero-order valence-electron chi connectivity index (χ0n) is 9.95. The third kappa shape index (κ3) is 4.85. The second-order valence-electron chi connectivity index (χ2n) is 4.42. The number of rotatable bonds is 0. The van der Waals surface area contributed by atoms with Crippen LogP contribution in [0.1, 0.15) is 32.6 Å². The van der Waals surface area contributed by atoms with Crippen LogP contribution in [0.5, 0.6) is 0 Å². The quantitative estimate of drug-likeness (QED) is 0.416. The maximum atomic E-state index is 11.4. The highest BCUT2D eigenvalue weighted by molar-refractivity contribution is 5.74. The van der Waals surface area contributed by atoms with Gasteiger partial charge in [0, 0.05) is 12.8 Å². The smallest absolute Gasteiger partial charge is 0.335 e. The molecule has 1 rings (SSSR count). The fourth-order valence-electron chi connectivity index (χ4n) is 1.67. The lowest BCUT2D eigenvalue weighted by molar-refractivity contribution is -0.160. The molecule has 4 atom stereocenters. The molecule has 0 radical (unpaired) electrons. The zero-order chi connectivity index (χ0) is 12.8. The number of aliphatic hydroxyl groups excluding tert-OH is 3. The Morgan fingerprint density at radius 2 is 1.94 bits per heavy atom. The first kappa shape index (κ1) is 14.2. The number of carbonyl (C=O) groups excluding carboxylic acids is 1. The average Bonchev–Trinajstić information content (AvgIpc) is 2.26. The van der Waals surface area contributed by atoms with E-state index in [1.807, 2.05) is 12.2 Å². The molecule has 1 heterocycles. The minimum Gasteiger partial charge on any atom is -0.460 e. The van der Waals surface area contributed by atoms with Gasteiger partial charge in [0.05, 0.1) is 12.2 Å². The van der Waals surface area contributed by atoms with E-state index in [-0.39, 0.29) is 12.5 Å². The summed E-state index contributed by atoms with van der Waals surface area (Å²) in [6, 6.07) is 0. The Kier molecular flexibility index (Phi) is 5.61. The van der Waals surface area contributed by atoms with Crippen LogP contribution < -0.4 is 0 Å². The summed E-state index contributed by atoms with van der Waals surface area (Å²) >= 11 is 0. The van der Waals surface area contributed by atoms with Gasteiger partial charge in [-0.05, 0) is 19.8 Å². The Morgan fingerprint density at radius 3 is 2.65 bits per heavy atom. The van der Waals surface area contributed by atoms with E-state index in [2.05, 4.69) is 0 Å². The topological polar surface area (TPSA) is 87.0 Å². The summed E-state index contributed by atoms with van der Waals surface area (Å²) in [5, 5.41) is 28.6. The molecule has 5 nitrogen and oxygen atoms in total. The molecule has 98 valence electrons. The monoisotopic (exact) mass is 244 g/mol. The Labute approximate surface area is 101 Å². The first-order valence-electron chi connectivity index (χ1n) is 5.90. The van der Waals surface area contributed by atoms with Crippen molar-refractivity contribution in [1.29, 1.82) is 0 Å². The van der Waals surface area contributed by atoms with Crippen molar-refractivity contribution in [2.45, 2.75) is 57.0 Å². The molecule has 0 aromatic rings. The molecule has 0 fully saturated rings. The van der Waals surface area contributed by atoms with E-state index < -0.39 is 24.3 Å². The molecular formula is C12H20O5. The van der Waals surface area contributed by atoms with Gasteiger partial charge >= 0.3 is 5.97 Å². The molecule has 0 aromatic carbocycles. The van der Waals surface area contributed by atoms with E-state index in [0.29, 0.717) is 19.3 Å². The third-order valence-electron chi connectivity index (χ3n) is 2.76. The molecule has 1 aliphatic heterocycles. The number of hydrogen-bond acceptors (Lipinski definition) is 5. The van der Waals surface area contributed by atoms with Crippen molar-refractivity contribution in [1.82, 2.24) is 0 Å². The molecule has 0 amide bonds. The highest BCUT2D eigenvalue weighted by Crippen LogP contribution is 2.13. The largest absolute Gasteiger partial charge is 0.460 e. The summed E-state index contributed by atoms with van der Waals surface area (Å²) in [6.45, 7) is 1.74. The maximum absolute atomic E-state index is 11.4. The molecule has 17 heavy (non-hydrogen) atoms. The van der Waals surface area contributed by atoms with E-state index in [1.165, 1.54) is 0 Å². The van der Waals surface area contributed by atoms with Crippen molar-refractivity contribution >= 4 is 5.97 Å². The van der Waals surface area contributed by atoms with Gasteiger partial charge in [-0.25, -0.2) is 4.79 Å². The van der Waals surface area contributed by atoms with Crippen LogP contribution in [0, 0.1) is 0 Å². The van der Waals surface area contributed by atoms with Gasteiger partial charge in [0.2, 0.25) is 0 Å². The molecule has 0 aromatic heterocycles. The predicted molar refractivity (Wildman–Crippen MR) is 61.2 cm³/mol. The van der Waals surface area contributed by atoms with E-state index in [4.69, 9.17) is 4.74 Å². The molecular weight excluding hydrogens is 224 g/mol. The highest BCUT2D eigenvalue weighted by Gasteiger charge is 2.26. The number of allylic oxidation sites excluding steroid dienone is 1. The van der Waals surface area contributed by atoms with Gasteiger partial charge in [-0.3, -0.25) is 0 Å². The van der Waals surface area contributed by atoms with Crippen LogP contribution in [0.3, 0.4) is 0 Å². The normalized spacial score (nSPS) is 38.7. The van der Waals surface area contributed by atoms with Gasteiger partial charge < -0.3 is 20.1 Å². The summed E-state index contributed by atoms with van der Waals surface area (Å²) in [5.41, 5.74) is 0. The van der Waals surface area contributed by atoms with Crippen LogP contribution >= 0.6 is 0 Å². The van der Waals surface area contributed by atoms with Crippen molar-refractivity contribution in [2.24, 2.45) is 0 Å². The standard InChI is InChI=1S/C12H20O5/c1-8-5-3-2-4-6-9(13)10(14)7-11(15)12(16)17-8/h2-3,8-11,13-15H,4-7H2,1H3/b3-2-/t8-,9-,10+,11-/m1/s1. The minimum absolute atomic E-state index is 0.198. The molecule has 0 saturated heterocycles. The summed E-state index contributed by atoms with van der Waals surface area (Å²) in [7, 11) is 0. The van der Waals surface area contributed by atoms with Crippen molar-refractivity contribution in [3.8, 4) is 0 Å². The fraction of sp³-hybridized carbons (Fsp3) is 0.750. The van der Waals surface area contributed by atoms with Crippen LogP contribution in [-0.2, 0) is 9.53 Å². The average molecular weight is 244 g/mol. The molecule has 0 saturated carbocycles. The van der Waals surface area contributed by atoms with Crippen LogP contribution in [0.4, 0.5) is 0 Å². The van der Waals surface area contributed by atoms with Crippen molar-refractivity contribution in [2.75, 3.05) is 0 Å². The number of carbonyl (C=O) groups is 1. The molecule has 0 spiro atoms. The molecule has 0 aliphatic carbocycles. The van der Waals surface area contributed by atoms with Gasteiger partial charge in [0.15, 0.2) is 6.10 Å². The number of esters is 1. The van der Waals surface area contributed by atoms with Crippen LogP contribution in [-0.4, -0.2) is 45.7 Å². The van der Waals surface area contributed by atoms with Gasteiger partial charge in [-0.2, -0.15) is 0 Å². The first-order valence-corrected chi connectivity index (χ1v) is 5.90. The first-order chi connectivity index (χ1) is 8.00. The summed E-state index contributed by atoms with van der Waals surface area (Å²) < 4.78 is 4.99. The predicted octanol–water partition coefficient (Wildman–Crippen LogP) is 0.131. The second-order valence-corrected chi connectivity index (χ2v) is 4.42. The number of hydrogen-bond donors (Lipinski definition) is 3. The molecule has 0 unspecified atom stereocenters. The van der Waals surface area contributed by atoms with Gasteiger partial charge in [0.1, 0.15) is 6.10 Å². The second kappa shape index (κ2) is 6.74. The van der Waals surface area contributed by atoms with Crippen LogP contribution in [0.25, 0.3) is 0 Å². The van der Waals surface area contributed by atoms with Crippen molar-refractivity contribution in [3.63, 3.8) is 0 Å². The summed E-state index contributed by atoms with van der Waals surface area (Å²) in [5.74, 6) is -0.752.